The van der Waals surface area contributed by atoms with Crippen LogP contribution in [0.25, 0.3) is 0 Å². The molecular formula is C13H13F3N2O. The van der Waals surface area contributed by atoms with Gasteiger partial charge in [0.15, 0.2) is 0 Å². The highest BCUT2D eigenvalue weighted by molar-refractivity contribution is 5.28. The molecule has 0 aliphatic carbocycles. The molecule has 1 aromatic carbocycles. The third-order valence-corrected chi connectivity index (χ3v) is 2.86. The van der Waals surface area contributed by atoms with Gasteiger partial charge < -0.3 is 9.30 Å². The molecule has 6 heteroatoms. The molecule has 0 saturated carbocycles. The van der Waals surface area contributed by atoms with Crippen LogP contribution in [0.5, 0.6) is 5.75 Å². The van der Waals surface area contributed by atoms with Crippen molar-refractivity contribution in [1.82, 2.24) is 9.55 Å². The van der Waals surface area contributed by atoms with Gasteiger partial charge in [-0.25, -0.2) is 4.98 Å². The minimum atomic E-state index is -4.65. The molecule has 0 N–H and O–H groups in total. The van der Waals surface area contributed by atoms with Gasteiger partial charge in [-0.2, -0.15) is 0 Å². The van der Waals surface area contributed by atoms with Gasteiger partial charge in [-0.15, -0.1) is 13.2 Å². The molecule has 0 amide bonds. The topological polar surface area (TPSA) is 27.1 Å². The standard InChI is InChI=1S/C13H13F3N2O/c1-9-10(2)18(8-17-9)7-11-3-5-12(6-4-11)19-13(14,15)16/h3-6,8H,7H2,1-2H3. The second-order valence-corrected chi connectivity index (χ2v) is 4.24. The predicted molar refractivity (Wildman–Crippen MR) is 63.9 cm³/mol. The Bertz CT molecular complexity index is 558. The first-order valence-corrected chi connectivity index (χ1v) is 5.68. The van der Waals surface area contributed by atoms with E-state index in [1.807, 2.05) is 18.4 Å². The molecule has 0 unspecified atom stereocenters. The summed E-state index contributed by atoms with van der Waals surface area (Å²) in [5, 5.41) is 0. The van der Waals surface area contributed by atoms with Crippen molar-refractivity contribution in [1.29, 1.82) is 0 Å². The second kappa shape index (κ2) is 4.95. The Labute approximate surface area is 108 Å². The molecule has 1 heterocycles. The molecule has 102 valence electrons. The average Bonchev–Trinajstić information content (AvgIpc) is 2.62. The van der Waals surface area contributed by atoms with Gasteiger partial charge in [0.05, 0.1) is 12.0 Å². The van der Waals surface area contributed by atoms with E-state index in [4.69, 9.17) is 0 Å². The van der Waals surface area contributed by atoms with E-state index >= 15 is 0 Å². The maximum absolute atomic E-state index is 12.0. The number of aryl methyl sites for hydroxylation is 1. The van der Waals surface area contributed by atoms with Crippen LogP contribution in [0.4, 0.5) is 13.2 Å². The fourth-order valence-electron chi connectivity index (χ4n) is 1.70. The molecule has 3 nitrogen and oxygen atoms in total. The minimum absolute atomic E-state index is 0.213. The van der Waals surface area contributed by atoms with Crippen LogP contribution in [0.1, 0.15) is 17.0 Å². The lowest BCUT2D eigenvalue weighted by atomic mass is 10.2. The molecule has 0 spiro atoms. The summed E-state index contributed by atoms with van der Waals surface area (Å²) in [5.41, 5.74) is 2.86. The number of nitrogens with zero attached hydrogens (tertiary/aromatic N) is 2. The Balaban J connectivity index is 2.09. The number of halogens is 3. The van der Waals surface area contributed by atoms with Crippen LogP contribution >= 0.6 is 0 Å². The fourth-order valence-corrected chi connectivity index (χ4v) is 1.70. The van der Waals surface area contributed by atoms with E-state index in [-0.39, 0.29) is 5.75 Å². The summed E-state index contributed by atoms with van der Waals surface area (Å²) < 4.78 is 41.8. The van der Waals surface area contributed by atoms with Crippen LogP contribution in [-0.4, -0.2) is 15.9 Å². The summed E-state index contributed by atoms with van der Waals surface area (Å²) >= 11 is 0. The maximum atomic E-state index is 12.0. The third kappa shape index (κ3) is 3.49. The van der Waals surface area contributed by atoms with E-state index in [2.05, 4.69) is 9.72 Å². The summed E-state index contributed by atoms with van der Waals surface area (Å²) in [6.07, 6.45) is -2.94. The summed E-state index contributed by atoms with van der Waals surface area (Å²) in [7, 11) is 0. The zero-order chi connectivity index (χ0) is 14.0. The van der Waals surface area contributed by atoms with Gasteiger partial charge in [0, 0.05) is 12.2 Å². The van der Waals surface area contributed by atoms with Gasteiger partial charge in [0.1, 0.15) is 5.75 Å². The quantitative estimate of drug-likeness (QED) is 0.854. The smallest absolute Gasteiger partial charge is 0.406 e. The number of ether oxygens (including phenoxy) is 1. The van der Waals surface area contributed by atoms with Crippen molar-refractivity contribution in [3.05, 3.63) is 47.5 Å². The van der Waals surface area contributed by atoms with Gasteiger partial charge in [-0.3, -0.25) is 0 Å². The zero-order valence-corrected chi connectivity index (χ0v) is 10.5. The molecule has 0 atom stereocenters. The highest BCUT2D eigenvalue weighted by Crippen LogP contribution is 2.23. The largest absolute Gasteiger partial charge is 0.573 e. The summed E-state index contributed by atoms with van der Waals surface area (Å²) in [6, 6.07) is 5.83. The number of alkyl halides is 3. The maximum Gasteiger partial charge on any atom is 0.573 e. The molecular weight excluding hydrogens is 257 g/mol. The lowest BCUT2D eigenvalue weighted by Gasteiger charge is -2.10. The van der Waals surface area contributed by atoms with E-state index in [1.54, 1.807) is 18.5 Å². The molecule has 0 radical (unpaired) electrons. The van der Waals surface area contributed by atoms with Crippen LogP contribution in [0.2, 0.25) is 0 Å². The van der Waals surface area contributed by atoms with Crippen LogP contribution in [0.3, 0.4) is 0 Å². The Kier molecular flexibility index (Phi) is 3.50. The van der Waals surface area contributed by atoms with Crippen LogP contribution in [-0.2, 0) is 6.54 Å². The normalized spacial score (nSPS) is 11.6. The minimum Gasteiger partial charge on any atom is -0.406 e. The molecule has 2 aromatic rings. The summed E-state index contributed by atoms with van der Waals surface area (Å²) in [6.45, 7) is 4.43. The van der Waals surface area contributed by atoms with Gasteiger partial charge in [0.25, 0.3) is 0 Å². The Hall–Kier alpha value is -1.98. The van der Waals surface area contributed by atoms with E-state index in [0.29, 0.717) is 6.54 Å². The third-order valence-electron chi connectivity index (χ3n) is 2.86. The average molecular weight is 270 g/mol. The van der Waals surface area contributed by atoms with Crippen LogP contribution in [0, 0.1) is 13.8 Å². The van der Waals surface area contributed by atoms with Gasteiger partial charge in [-0.1, -0.05) is 12.1 Å². The molecule has 0 fully saturated rings. The van der Waals surface area contributed by atoms with Crippen LogP contribution < -0.4 is 4.74 Å². The van der Waals surface area contributed by atoms with Crippen molar-refractivity contribution in [2.45, 2.75) is 26.8 Å². The van der Waals surface area contributed by atoms with E-state index in [0.717, 1.165) is 17.0 Å². The lowest BCUT2D eigenvalue weighted by molar-refractivity contribution is -0.274. The highest BCUT2D eigenvalue weighted by Gasteiger charge is 2.30. The van der Waals surface area contributed by atoms with Crippen molar-refractivity contribution in [3.8, 4) is 5.75 Å². The first-order chi connectivity index (χ1) is 8.85. The van der Waals surface area contributed by atoms with Crippen molar-refractivity contribution < 1.29 is 17.9 Å². The monoisotopic (exact) mass is 270 g/mol. The van der Waals surface area contributed by atoms with Gasteiger partial charge in [-0.05, 0) is 31.5 Å². The van der Waals surface area contributed by atoms with Crippen molar-refractivity contribution in [3.63, 3.8) is 0 Å². The molecule has 0 bridgehead atoms. The van der Waals surface area contributed by atoms with Gasteiger partial charge >= 0.3 is 6.36 Å². The van der Waals surface area contributed by atoms with E-state index in [1.165, 1.54) is 12.1 Å². The molecule has 2 rings (SSSR count). The first kappa shape index (κ1) is 13.5. The molecule has 19 heavy (non-hydrogen) atoms. The number of imidazole rings is 1. The number of rotatable bonds is 3. The van der Waals surface area contributed by atoms with Gasteiger partial charge in [0.2, 0.25) is 0 Å². The lowest BCUT2D eigenvalue weighted by Crippen LogP contribution is -2.17. The highest BCUT2D eigenvalue weighted by atomic mass is 19.4. The number of benzene rings is 1. The molecule has 0 aliphatic rings. The second-order valence-electron chi connectivity index (χ2n) is 4.24. The first-order valence-electron chi connectivity index (χ1n) is 5.68. The zero-order valence-electron chi connectivity index (χ0n) is 10.5. The number of hydrogen-bond donors (Lipinski definition) is 0. The van der Waals surface area contributed by atoms with Crippen molar-refractivity contribution in [2.75, 3.05) is 0 Å². The Morgan fingerprint density at radius 1 is 1.16 bits per heavy atom. The Morgan fingerprint density at radius 2 is 1.79 bits per heavy atom. The van der Waals surface area contributed by atoms with Crippen molar-refractivity contribution in [2.24, 2.45) is 0 Å². The van der Waals surface area contributed by atoms with E-state index < -0.39 is 6.36 Å². The SMILES string of the molecule is Cc1ncn(Cc2ccc(OC(F)(F)F)cc2)c1C. The number of aromatic nitrogens is 2. The Morgan fingerprint density at radius 3 is 2.26 bits per heavy atom. The molecule has 1 aromatic heterocycles. The summed E-state index contributed by atoms with van der Waals surface area (Å²) in [4.78, 5) is 4.17. The fraction of sp³-hybridized carbons (Fsp3) is 0.308. The van der Waals surface area contributed by atoms with Crippen molar-refractivity contribution >= 4 is 0 Å². The summed E-state index contributed by atoms with van der Waals surface area (Å²) in [5.74, 6) is -0.213. The molecule has 0 saturated heterocycles. The molecule has 0 aliphatic heterocycles. The number of hydrogen-bond acceptors (Lipinski definition) is 2. The van der Waals surface area contributed by atoms with Crippen LogP contribution in [0.15, 0.2) is 30.6 Å². The van der Waals surface area contributed by atoms with E-state index in [9.17, 15) is 13.2 Å². The predicted octanol–water partition coefficient (Wildman–Crippen LogP) is 3.45.